The Labute approximate surface area is 524 Å². The maximum Gasteiger partial charge on any atom is 0.268 e. The molecule has 0 saturated carbocycles. The predicted molar refractivity (Wildman–Crippen MR) is 370 cm³/mol. The lowest BCUT2D eigenvalue weighted by Gasteiger charge is -2.29. The molecule has 0 aromatic heterocycles. The minimum Gasteiger partial charge on any atom is -0.756 e. The first-order valence-corrected chi connectivity index (χ1v) is 35.5. The molecule has 0 rings (SSSR count). The van der Waals surface area contributed by atoms with E-state index < -0.39 is 26.6 Å². The zero-order chi connectivity index (χ0) is 61.9. The number of carbonyl (C=O) groups excluding carboxylic acids is 1. The minimum atomic E-state index is -4.64. The Morgan fingerprint density at radius 3 is 1.09 bits per heavy atom. The SMILES string of the molecule is CC/C=C\C/C=C\C/C=C\C/C=C\C/C=C\C/C=C\C/C=C\C/C=C\C/C=C\C/C=C\C/C=C\C/C=C\CCCCC(=O)NC(COP(=O)([O-])OCC[N+](C)(C)C)C(O)/C=C/CC/C=C/CCCCCCCCCCCCCCCCCCCC. The third-order valence-corrected chi connectivity index (χ3v) is 15.1. The Morgan fingerprint density at radius 2 is 0.729 bits per heavy atom. The highest BCUT2D eigenvalue weighted by Gasteiger charge is 2.23. The number of carbonyl (C=O) groups is 1. The summed E-state index contributed by atoms with van der Waals surface area (Å²) in [5.74, 6) is -0.255. The molecule has 3 atom stereocenters. The first kappa shape index (κ1) is 80.9. The van der Waals surface area contributed by atoms with Crippen molar-refractivity contribution in [1.82, 2.24) is 5.32 Å². The smallest absolute Gasteiger partial charge is 0.268 e. The van der Waals surface area contributed by atoms with Gasteiger partial charge in [0.05, 0.1) is 39.9 Å². The number of aliphatic hydroxyl groups is 1. The van der Waals surface area contributed by atoms with Crippen LogP contribution in [0.4, 0.5) is 0 Å². The number of quaternary nitrogens is 1. The van der Waals surface area contributed by atoms with Crippen LogP contribution < -0.4 is 10.2 Å². The fourth-order valence-corrected chi connectivity index (χ4v) is 9.64. The maximum atomic E-state index is 13.0. The van der Waals surface area contributed by atoms with Crippen LogP contribution in [-0.2, 0) is 18.4 Å². The molecule has 0 radical (unpaired) electrons. The molecule has 0 spiro atoms. The van der Waals surface area contributed by atoms with E-state index >= 15 is 0 Å². The molecule has 482 valence electrons. The lowest BCUT2D eigenvalue weighted by Crippen LogP contribution is -2.45. The van der Waals surface area contributed by atoms with E-state index in [1.807, 2.05) is 27.2 Å². The fourth-order valence-electron chi connectivity index (χ4n) is 8.92. The van der Waals surface area contributed by atoms with Crippen LogP contribution in [0.5, 0.6) is 0 Å². The number of rotatable bonds is 60. The van der Waals surface area contributed by atoms with Gasteiger partial charge in [0, 0.05) is 6.42 Å². The first-order valence-electron chi connectivity index (χ1n) is 34.0. The molecular formula is C76H127N2O6P. The van der Waals surface area contributed by atoms with Gasteiger partial charge in [0.2, 0.25) is 5.91 Å². The van der Waals surface area contributed by atoms with Crippen molar-refractivity contribution >= 4 is 13.7 Å². The number of amides is 1. The third-order valence-electron chi connectivity index (χ3n) is 14.2. The second-order valence-corrected chi connectivity index (χ2v) is 24.8. The average molecular weight is 1200 g/mol. The van der Waals surface area contributed by atoms with Gasteiger partial charge in [-0.15, -0.1) is 0 Å². The number of hydrogen-bond donors (Lipinski definition) is 2. The molecule has 0 fully saturated rings. The van der Waals surface area contributed by atoms with Crippen LogP contribution in [0.3, 0.4) is 0 Å². The van der Waals surface area contributed by atoms with Crippen molar-refractivity contribution in [3.05, 3.63) is 170 Å². The summed E-state index contributed by atoms with van der Waals surface area (Å²) in [5, 5.41) is 13.9. The van der Waals surface area contributed by atoms with Crippen LogP contribution in [0.1, 0.15) is 251 Å². The van der Waals surface area contributed by atoms with E-state index in [-0.39, 0.29) is 18.9 Å². The number of nitrogens with one attached hydrogen (secondary N) is 1. The van der Waals surface area contributed by atoms with E-state index in [1.165, 1.54) is 116 Å². The van der Waals surface area contributed by atoms with Crippen molar-refractivity contribution in [3.8, 4) is 0 Å². The second-order valence-electron chi connectivity index (χ2n) is 23.4. The molecule has 0 aliphatic rings. The summed E-state index contributed by atoms with van der Waals surface area (Å²) < 4.78 is 23.4. The summed E-state index contributed by atoms with van der Waals surface area (Å²) in [4.78, 5) is 25.6. The van der Waals surface area contributed by atoms with Crippen molar-refractivity contribution in [2.24, 2.45) is 0 Å². The number of aliphatic hydroxyl groups excluding tert-OH is 1. The largest absolute Gasteiger partial charge is 0.756 e. The van der Waals surface area contributed by atoms with Crippen LogP contribution in [0.2, 0.25) is 0 Å². The lowest BCUT2D eigenvalue weighted by atomic mass is 10.0. The maximum absolute atomic E-state index is 13.0. The van der Waals surface area contributed by atoms with Gasteiger partial charge in [0.15, 0.2) is 0 Å². The molecule has 0 heterocycles. The zero-order valence-corrected chi connectivity index (χ0v) is 55.9. The van der Waals surface area contributed by atoms with Crippen LogP contribution in [0.15, 0.2) is 170 Å². The first-order chi connectivity index (χ1) is 41.5. The highest BCUT2D eigenvalue weighted by atomic mass is 31.2. The van der Waals surface area contributed by atoms with E-state index in [4.69, 9.17) is 9.05 Å². The highest BCUT2D eigenvalue weighted by Crippen LogP contribution is 2.38. The van der Waals surface area contributed by atoms with Crippen molar-refractivity contribution in [3.63, 3.8) is 0 Å². The molecule has 0 aliphatic heterocycles. The fraction of sp³-hybridized carbons (Fsp3) is 0.618. The van der Waals surface area contributed by atoms with Gasteiger partial charge in [-0.2, -0.15) is 0 Å². The van der Waals surface area contributed by atoms with Gasteiger partial charge in [0.25, 0.3) is 7.82 Å². The second kappa shape index (κ2) is 64.3. The van der Waals surface area contributed by atoms with Crippen LogP contribution in [0, 0.1) is 0 Å². The summed E-state index contributed by atoms with van der Waals surface area (Å²) in [6, 6.07) is -0.941. The van der Waals surface area contributed by atoms with Gasteiger partial charge in [0.1, 0.15) is 13.2 Å². The molecule has 0 aromatic rings. The van der Waals surface area contributed by atoms with E-state index in [1.54, 1.807) is 6.08 Å². The molecule has 0 aliphatic carbocycles. The molecule has 0 bridgehead atoms. The number of likely N-dealkylation sites (N-methyl/N-ethyl adjacent to an activating group) is 1. The number of nitrogens with zero attached hydrogens (tertiary/aromatic N) is 1. The van der Waals surface area contributed by atoms with Crippen LogP contribution >= 0.6 is 7.82 Å². The van der Waals surface area contributed by atoms with Gasteiger partial charge >= 0.3 is 0 Å². The van der Waals surface area contributed by atoms with Gasteiger partial charge in [-0.3, -0.25) is 9.36 Å². The molecule has 0 saturated heterocycles. The summed E-state index contributed by atoms with van der Waals surface area (Å²) in [6.45, 7) is 4.48. The topological polar surface area (TPSA) is 108 Å². The van der Waals surface area contributed by atoms with Gasteiger partial charge < -0.3 is 28.8 Å². The Bertz CT molecular complexity index is 1990. The number of hydrogen-bond acceptors (Lipinski definition) is 6. The van der Waals surface area contributed by atoms with Crippen LogP contribution in [0.25, 0.3) is 0 Å². The number of unbranched alkanes of at least 4 members (excludes halogenated alkanes) is 21. The van der Waals surface area contributed by atoms with E-state index in [0.717, 1.165) is 109 Å². The minimum absolute atomic E-state index is 0.0241. The van der Waals surface area contributed by atoms with E-state index in [2.05, 4.69) is 177 Å². The van der Waals surface area contributed by atoms with Crippen molar-refractivity contribution < 1.29 is 32.9 Å². The predicted octanol–water partition coefficient (Wildman–Crippen LogP) is 21.3. The summed E-state index contributed by atoms with van der Waals surface area (Å²) in [5.41, 5.74) is 0. The number of phosphoric ester groups is 1. The molecule has 9 heteroatoms. The average Bonchev–Trinajstić information content (AvgIpc) is 3.49. The molecule has 8 nitrogen and oxygen atoms in total. The van der Waals surface area contributed by atoms with Crippen molar-refractivity contribution in [2.45, 2.75) is 264 Å². The van der Waals surface area contributed by atoms with Crippen molar-refractivity contribution in [1.29, 1.82) is 0 Å². The molecule has 85 heavy (non-hydrogen) atoms. The Balaban J connectivity index is 4.30. The van der Waals surface area contributed by atoms with Crippen molar-refractivity contribution in [2.75, 3.05) is 40.9 Å². The standard InChI is InChI=1S/C76H127N2O6P/c1-6-8-10-12-14-16-18-20-22-24-26-28-30-32-33-34-35-36-37-38-39-40-41-42-43-44-45-46-48-50-52-54-56-58-60-62-64-66-68-70-76(80)77-74(73-84-85(81,82)83-72-71-78(3,4)5)75(79)69-67-65-63-61-59-57-55-53-51-49-47-31-29-27-25-23-21-19-17-15-13-11-9-7-2/h8,10,14,16,20,22,26,28,32-33,35-36,38-39,41-42,44-45,48,50,54,56,59-62,67,69,74-75,79H,6-7,9,11-13,15,17-19,21,23-25,27,29-31,34,37,40,43,46-47,49,51-53,55,57-58,63-66,68,70-73H2,1-5H3,(H-,77,80,81,82)/b10-8-,16-14-,22-20-,28-26-,33-32-,36-35-,39-38-,42-41-,45-44-,50-48-,56-54-,61-59+,62-60-,69-67+. The third kappa shape index (κ3) is 67.2. The molecule has 2 N–H and O–H groups in total. The van der Waals surface area contributed by atoms with Gasteiger partial charge in [-0.1, -0.05) is 293 Å². The summed E-state index contributed by atoms with van der Waals surface area (Å²) in [6.07, 6.45) is 102. The molecular weight excluding hydrogens is 1070 g/mol. The lowest BCUT2D eigenvalue weighted by molar-refractivity contribution is -0.870. The van der Waals surface area contributed by atoms with Crippen LogP contribution in [-0.4, -0.2) is 68.5 Å². The molecule has 3 unspecified atom stereocenters. The van der Waals surface area contributed by atoms with E-state index in [0.29, 0.717) is 17.4 Å². The number of phosphoric acid groups is 1. The van der Waals surface area contributed by atoms with E-state index in [9.17, 15) is 19.4 Å². The monoisotopic (exact) mass is 1190 g/mol. The molecule has 1 amide bonds. The van der Waals surface area contributed by atoms with Gasteiger partial charge in [-0.05, 0) is 122 Å². The molecule has 0 aromatic carbocycles. The van der Waals surface area contributed by atoms with Gasteiger partial charge in [-0.25, -0.2) is 0 Å². The zero-order valence-electron chi connectivity index (χ0n) is 55.0. The highest BCUT2D eigenvalue weighted by molar-refractivity contribution is 7.45. The summed E-state index contributed by atoms with van der Waals surface area (Å²) in [7, 11) is 1.19. The summed E-state index contributed by atoms with van der Waals surface area (Å²) >= 11 is 0. The Kier molecular flexibility index (Phi) is 61.2. The Morgan fingerprint density at radius 1 is 0.424 bits per heavy atom. The normalized spacial score (nSPS) is 14.8. The quantitative estimate of drug-likeness (QED) is 0.0272. The number of allylic oxidation sites excluding steroid dienone is 27. The Hall–Kier alpha value is -4.14.